The first-order valence-electron chi connectivity index (χ1n) is 7.02. The van der Waals surface area contributed by atoms with Crippen LogP contribution in [0.15, 0.2) is 30.3 Å². The fourth-order valence-electron chi connectivity index (χ4n) is 1.70. The molecule has 0 aliphatic rings. The molecule has 0 atom stereocenters. The van der Waals surface area contributed by atoms with E-state index in [-0.39, 0.29) is 19.3 Å². The fraction of sp³-hybridized carbons (Fsp3) is 0.467. The summed E-state index contributed by atoms with van der Waals surface area (Å²) in [5.74, 6) is -0.285. The molecule has 6 nitrogen and oxygen atoms in total. The maximum Gasteiger partial charge on any atom is 0.407 e. The van der Waals surface area contributed by atoms with Gasteiger partial charge in [-0.3, -0.25) is 10.5 Å². The molecule has 0 aliphatic heterocycles. The highest BCUT2D eigenvalue weighted by Gasteiger charge is 2.03. The molecular weight excluding hydrogens is 272 g/mol. The first-order chi connectivity index (χ1) is 10.2. The molecule has 0 saturated carbocycles. The van der Waals surface area contributed by atoms with Crippen LogP contribution in [0.2, 0.25) is 0 Å². The molecule has 6 heteroatoms. The molecule has 0 aromatic heterocycles. The Morgan fingerprint density at radius 2 is 1.81 bits per heavy atom. The number of unbranched alkanes of at least 4 members (excludes halogenated alkanes) is 2. The first kappa shape index (κ1) is 17.0. The molecule has 0 radical (unpaired) electrons. The van der Waals surface area contributed by atoms with Gasteiger partial charge in [-0.1, -0.05) is 36.8 Å². The van der Waals surface area contributed by atoms with Gasteiger partial charge in [0.1, 0.15) is 13.3 Å². The third-order valence-electron chi connectivity index (χ3n) is 2.78. The smallest absolute Gasteiger partial charge is 0.407 e. The molecule has 0 fully saturated rings. The maximum absolute atomic E-state index is 11.4. The summed E-state index contributed by atoms with van der Waals surface area (Å²) < 4.78 is 9.68. The van der Waals surface area contributed by atoms with Gasteiger partial charge < -0.3 is 14.8 Å². The van der Waals surface area contributed by atoms with E-state index in [0.29, 0.717) is 13.0 Å². The minimum Gasteiger partial charge on any atom is -0.450 e. The minimum absolute atomic E-state index is 0.0758. The monoisotopic (exact) mass is 294 g/mol. The number of hydrogen-bond donors (Lipinski definition) is 2. The topological polar surface area (TPSA) is 90.6 Å². The molecule has 116 valence electrons. The average Bonchev–Trinajstić information content (AvgIpc) is 2.50. The van der Waals surface area contributed by atoms with Gasteiger partial charge in [0.15, 0.2) is 0 Å². The van der Waals surface area contributed by atoms with Crippen molar-refractivity contribution in [2.24, 2.45) is 5.73 Å². The van der Waals surface area contributed by atoms with E-state index in [2.05, 4.69) is 10.1 Å². The zero-order valence-corrected chi connectivity index (χ0v) is 12.0. The Morgan fingerprint density at radius 3 is 2.52 bits per heavy atom. The molecule has 0 spiro atoms. The standard InChI is InChI=1S/C15H22N2O4/c16-12-21-14(18)9-5-2-6-10-17-15(19)20-11-13-7-3-1-4-8-13/h1,3-4,7-8H,2,5-6,9-12,16H2,(H,17,19). The summed E-state index contributed by atoms with van der Waals surface area (Å²) in [6.45, 7) is 0.713. The van der Waals surface area contributed by atoms with E-state index in [4.69, 9.17) is 10.5 Å². The van der Waals surface area contributed by atoms with Gasteiger partial charge in [0.2, 0.25) is 0 Å². The minimum atomic E-state index is -0.429. The first-order valence-corrected chi connectivity index (χ1v) is 7.02. The van der Waals surface area contributed by atoms with Crippen molar-refractivity contribution >= 4 is 12.1 Å². The number of nitrogens with two attached hydrogens (primary N) is 1. The molecule has 0 unspecified atom stereocenters. The van der Waals surface area contributed by atoms with Crippen LogP contribution in [0.25, 0.3) is 0 Å². The maximum atomic E-state index is 11.4. The SMILES string of the molecule is NCOC(=O)CCCCCNC(=O)OCc1ccccc1. The van der Waals surface area contributed by atoms with Crippen molar-refractivity contribution in [3.63, 3.8) is 0 Å². The molecule has 0 heterocycles. The Hall–Kier alpha value is -2.08. The van der Waals surface area contributed by atoms with Crippen LogP contribution in [0.3, 0.4) is 0 Å². The van der Waals surface area contributed by atoms with Gasteiger partial charge in [0.05, 0.1) is 0 Å². The highest BCUT2D eigenvalue weighted by Crippen LogP contribution is 2.02. The summed E-state index contributed by atoms with van der Waals surface area (Å²) in [5, 5.41) is 2.67. The van der Waals surface area contributed by atoms with Crippen molar-refractivity contribution < 1.29 is 19.1 Å². The highest BCUT2D eigenvalue weighted by molar-refractivity contribution is 5.69. The number of benzene rings is 1. The quantitative estimate of drug-likeness (QED) is 0.412. The molecule has 3 N–H and O–H groups in total. The lowest BCUT2D eigenvalue weighted by Gasteiger charge is -2.07. The summed E-state index contributed by atoms with van der Waals surface area (Å²) in [5.41, 5.74) is 6.03. The van der Waals surface area contributed by atoms with Crippen LogP contribution in [0.5, 0.6) is 0 Å². The Labute approximate surface area is 124 Å². The molecule has 1 amide bonds. The van der Waals surface area contributed by atoms with Gasteiger partial charge in [-0.05, 0) is 18.4 Å². The number of alkyl carbamates (subject to hydrolysis) is 1. The van der Waals surface area contributed by atoms with Crippen LogP contribution in [-0.4, -0.2) is 25.3 Å². The lowest BCUT2D eigenvalue weighted by Crippen LogP contribution is -2.25. The van der Waals surface area contributed by atoms with E-state index in [1.165, 1.54) is 0 Å². The Bertz CT molecular complexity index is 423. The normalized spacial score (nSPS) is 9.95. The molecule has 21 heavy (non-hydrogen) atoms. The number of nitrogens with one attached hydrogen (secondary N) is 1. The Balaban J connectivity index is 1.97. The molecular formula is C15H22N2O4. The molecule has 1 rings (SSSR count). The van der Waals surface area contributed by atoms with Crippen LogP contribution < -0.4 is 11.1 Å². The summed E-state index contributed by atoms with van der Waals surface area (Å²) >= 11 is 0. The van der Waals surface area contributed by atoms with Gasteiger partial charge in [0, 0.05) is 13.0 Å². The number of amides is 1. The van der Waals surface area contributed by atoms with Crippen molar-refractivity contribution in [3.8, 4) is 0 Å². The predicted octanol–water partition coefficient (Wildman–Crippen LogP) is 1.93. The average molecular weight is 294 g/mol. The molecule has 0 aliphatic carbocycles. The molecule has 1 aromatic carbocycles. The number of ether oxygens (including phenoxy) is 2. The second-order valence-electron chi connectivity index (χ2n) is 4.48. The fourth-order valence-corrected chi connectivity index (χ4v) is 1.70. The summed E-state index contributed by atoms with van der Waals surface area (Å²) in [4.78, 5) is 22.4. The second-order valence-corrected chi connectivity index (χ2v) is 4.48. The summed E-state index contributed by atoms with van der Waals surface area (Å²) in [6, 6.07) is 9.49. The van der Waals surface area contributed by atoms with Gasteiger partial charge in [-0.25, -0.2) is 4.79 Å². The van der Waals surface area contributed by atoms with Crippen LogP contribution in [0.1, 0.15) is 31.2 Å². The van der Waals surface area contributed by atoms with Gasteiger partial charge in [-0.2, -0.15) is 0 Å². The van der Waals surface area contributed by atoms with E-state index < -0.39 is 6.09 Å². The van der Waals surface area contributed by atoms with Crippen molar-refractivity contribution in [1.82, 2.24) is 5.32 Å². The van der Waals surface area contributed by atoms with E-state index in [0.717, 1.165) is 24.8 Å². The number of hydrogen-bond acceptors (Lipinski definition) is 5. The van der Waals surface area contributed by atoms with Crippen LogP contribution in [-0.2, 0) is 20.9 Å². The third kappa shape index (κ3) is 8.65. The third-order valence-corrected chi connectivity index (χ3v) is 2.78. The van der Waals surface area contributed by atoms with Gasteiger partial charge >= 0.3 is 12.1 Å². The summed E-state index contributed by atoms with van der Waals surface area (Å²) in [7, 11) is 0. The lowest BCUT2D eigenvalue weighted by molar-refractivity contribution is -0.143. The van der Waals surface area contributed by atoms with E-state index in [1.54, 1.807) is 0 Å². The van der Waals surface area contributed by atoms with Crippen LogP contribution in [0, 0.1) is 0 Å². The largest absolute Gasteiger partial charge is 0.450 e. The summed E-state index contributed by atoms with van der Waals surface area (Å²) in [6.07, 6.45) is 2.27. The van der Waals surface area contributed by atoms with E-state index in [1.807, 2.05) is 30.3 Å². The van der Waals surface area contributed by atoms with Crippen molar-refractivity contribution in [2.45, 2.75) is 32.3 Å². The Kier molecular flexibility index (Phi) is 8.63. The van der Waals surface area contributed by atoms with Crippen molar-refractivity contribution in [3.05, 3.63) is 35.9 Å². The van der Waals surface area contributed by atoms with Crippen LogP contribution in [0.4, 0.5) is 4.79 Å². The number of carbonyl (C=O) groups is 2. The lowest BCUT2D eigenvalue weighted by atomic mass is 10.2. The second kappa shape index (κ2) is 10.7. The number of carbonyl (C=O) groups excluding carboxylic acids is 2. The van der Waals surface area contributed by atoms with Crippen molar-refractivity contribution in [1.29, 1.82) is 0 Å². The van der Waals surface area contributed by atoms with E-state index >= 15 is 0 Å². The predicted molar refractivity (Wildman–Crippen MR) is 78.2 cm³/mol. The highest BCUT2D eigenvalue weighted by atomic mass is 16.5. The zero-order chi connectivity index (χ0) is 15.3. The molecule has 0 saturated heterocycles. The van der Waals surface area contributed by atoms with Crippen molar-refractivity contribution in [2.75, 3.05) is 13.3 Å². The molecule has 1 aromatic rings. The molecule has 0 bridgehead atoms. The van der Waals surface area contributed by atoms with Crippen LogP contribution >= 0.6 is 0 Å². The number of esters is 1. The van der Waals surface area contributed by atoms with Gasteiger partial charge in [-0.15, -0.1) is 0 Å². The Morgan fingerprint density at radius 1 is 1.05 bits per heavy atom. The number of rotatable bonds is 9. The van der Waals surface area contributed by atoms with Gasteiger partial charge in [0.25, 0.3) is 0 Å². The zero-order valence-electron chi connectivity index (χ0n) is 12.0. The van der Waals surface area contributed by atoms with E-state index in [9.17, 15) is 9.59 Å².